The molecule has 6 heteroatoms. The number of rotatable bonds is 17. The predicted octanol–water partition coefficient (Wildman–Crippen LogP) is 5.33. The Balaban J connectivity index is 1.83. The van der Waals surface area contributed by atoms with Crippen LogP contribution in [-0.4, -0.2) is 38.1 Å². The second-order valence-electron chi connectivity index (χ2n) is 8.84. The fourth-order valence-electron chi connectivity index (χ4n) is 3.81. The molecule has 0 aliphatic heterocycles. The molecule has 0 spiro atoms. The van der Waals surface area contributed by atoms with Crippen molar-refractivity contribution in [3.8, 4) is 11.5 Å². The van der Waals surface area contributed by atoms with E-state index >= 15 is 0 Å². The first-order valence-electron chi connectivity index (χ1n) is 12.7. The molecule has 0 aliphatic rings. The van der Waals surface area contributed by atoms with Crippen LogP contribution in [0.3, 0.4) is 0 Å². The van der Waals surface area contributed by atoms with Crippen LogP contribution in [0.4, 0.5) is 0 Å². The molecule has 0 unspecified atom stereocenters. The highest BCUT2D eigenvalue weighted by Gasteiger charge is 2.27. The van der Waals surface area contributed by atoms with Crippen LogP contribution in [0.1, 0.15) is 57.1 Å². The zero-order valence-electron chi connectivity index (χ0n) is 21.7. The molecule has 0 saturated heterocycles. The molecule has 0 saturated carbocycles. The van der Waals surface area contributed by atoms with Crippen molar-refractivity contribution in [3.63, 3.8) is 0 Å². The summed E-state index contributed by atoms with van der Waals surface area (Å²) in [7, 11) is 0. The van der Waals surface area contributed by atoms with E-state index in [1.54, 1.807) is 0 Å². The summed E-state index contributed by atoms with van der Waals surface area (Å²) in [5.41, 5.74) is 2.35. The van der Waals surface area contributed by atoms with E-state index in [-0.39, 0.29) is 17.2 Å². The topological polar surface area (TPSA) is 76.7 Å². The van der Waals surface area contributed by atoms with E-state index in [1.165, 1.54) is 23.3 Å². The maximum Gasteiger partial charge on any atom is 0.243 e. The average molecular weight is 493 g/mol. The summed E-state index contributed by atoms with van der Waals surface area (Å²) in [6, 6.07) is 16.7. The van der Waals surface area contributed by atoms with E-state index in [2.05, 4.69) is 61.9 Å². The van der Waals surface area contributed by atoms with Crippen LogP contribution in [0.5, 0.6) is 11.5 Å². The lowest BCUT2D eigenvalue weighted by Gasteiger charge is -2.30. The second-order valence-corrected chi connectivity index (χ2v) is 8.84. The molecule has 2 aromatic carbocycles. The van der Waals surface area contributed by atoms with Gasteiger partial charge in [-0.3, -0.25) is 9.59 Å². The summed E-state index contributed by atoms with van der Waals surface area (Å²) in [6.07, 6.45) is 6.98. The fraction of sp³-hybridized carbons (Fsp3) is 0.400. The Bertz CT molecular complexity index is 892. The lowest BCUT2D eigenvalue weighted by atomic mass is 9.74. The van der Waals surface area contributed by atoms with Crippen molar-refractivity contribution < 1.29 is 19.1 Å². The maximum absolute atomic E-state index is 11.1. The van der Waals surface area contributed by atoms with Gasteiger partial charge in [-0.05, 0) is 79.6 Å². The normalized spacial score (nSPS) is 10.8. The van der Waals surface area contributed by atoms with Crippen molar-refractivity contribution in [1.82, 2.24) is 10.6 Å². The second kappa shape index (κ2) is 15.5. The fourth-order valence-corrected chi connectivity index (χ4v) is 3.81. The van der Waals surface area contributed by atoms with Gasteiger partial charge in [0.2, 0.25) is 11.8 Å². The van der Waals surface area contributed by atoms with E-state index in [1.807, 2.05) is 24.3 Å². The summed E-state index contributed by atoms with van der Waals surface area (Å²) in [5.74, 6) is 1.41. The number of carbonyl (C=O) groups excluding carboxylic acids is 2. The van der Waals surface area contributed by atoms with Crippen LogP contribution >= 0.6 is 0 Å². The van der Waals surface area contributed by atoms with Crippen molar-refractivity contribution in [1.29, 1.82) is 0 Å². The zero-order chi connectivity index (χ0) is 26.2. The largest absolute Gasteiger partial charge is 0.494 e. The third-order valence-corrected chi connectivity index (χ3v) is 6.34. The van der Waals surface area contributed by atoms with E-state index in [0.717, 1.165) is 43.6 Å². The Kier molecular flexibility index (Phi) is 12.3. The number of carbonyl (C=O) groups is 2. The number of benzene rings is 2. The molecular weight excluding hydrogens is 452 g/mol. The Morgan fingerprint density at radius 1 is 0.750 bits per heavy atom. The van der Waals surface area contributed by atoms with E-state index < -0.39 is 0 Å². The molecule has 2 rings (SSSR count). The first-order valence-corrected chi connectivity index (χ1v) is 12.7. The Morgan fingerprint density at radius 2 is 1.14 bits per heavy atom. The van der Waals surface area contributed by atoms with Gasteiger partial charge in [-0.2, -0.15) is 0 Å². The van der Waals surface area contributed by atoms with E-state index in [0.29, 0.717) is 26.3 Å². The summed E-state index contributed by atoms with van der Waals surface area (Å²) < 4.78 is 11.7. The minimum absolute atomic E-state index is 0.121. The van der Waals surface area contributed by atoms with E-state index in [4.69, 9.17) is 9.47 Å². The van der Waals surface area contributed by atoms with Gasteiger partial charge in [-0.25, -0.2) is 0 Å². The SMILES string of the molecule is C=CC(=O)NCCCCOc1ccc(C(C)(CC)c2ccc(OCCCCNC(=O)C=C)cc2)cc1. The third-order valence-electron chi connectivity index (χ3n) is 6.34. The van der Waals surface area contributed by atoms with Gasteiger partial charge in [-0.1, -0.05) is 51.3 Å². The molecule has 0 aromatic heterocycles. The molecule has 0 bridgehead atoms. The van der Waals surface area contributed by atoms with Gasteiger partial charge in [0, 0.05) is 18.5 Å². The molecule has 6 nitrogen and oxygen atoms in total. The number of hydrogen-bond acceptors (Lipinski definition) is 4. The van der Waals surface area contributed by atoms with Crippen LogP contribution < -0.4 is 20.1 Å². The van der Waals surface area contributed by atoms with Gasteiger partial charge in [0.25, 0.3) is 0 Å². The number of amides is 2. The van der Waals surface area contributed by atoms with Gasteiger partial charge in [-0.15, -0.1) is 0 Å². The molecule has 2 amide bonds. The molecule has 0 fully saturated rings. The van der Waals surface area contributed by atoms with Crippen molar-refractivity contribution >= 4 is 11.8 Å². The van der Waals surface area contributed by atoms with Gasteiger partial charge >= 0.3 is 0 Å². The molecule has 2 aromatic rings. The maximum atomic E-state index is 11.1. The highest BCUT2D eigenvalue weighted by Crippen LogP contribution is 2.36. The van der Waals surface area contributed by atoms with Gasteiger partial charge in [0.1, 0.15) is 11.5 Å². The Labute approximate surface area is 215 Å². The molecule has 0 heterocycles. The van der Waals surface area contributed by atoms with Crippen LogP contribution in [0.2, 0.25) is 0 Å². The first kappa shape index (κ1) is 28.7. The highest BCUT2D eigenvalue weighted by atomic mass is 16.5. The average Bonchev–Trinajstić information content (AvgIpc) is 2.92. The summed E-state index contributed by atoms with van der Waals surface area (Å²) in [6.45, 7) is 13.8. The molecular formula is C30H40N2O4. The lowest BCUT2D eigenvalue weighted by molar-refractivity contribution is -0.117. The summed E-state index contributed by atoms with van der Waals surface area (Å²) >= 11 is 0. The third kappa shape index (κ3) is 9.25. The smallest absolute Gasteiger partial charge is 0.243 e. The molecule has 0 aliphatic carbocycles. The molecule has 194 valence electrons. The zero-order valence-corrected chi connectivity index (χ0v) is 21.7. The van der Waals surface area contributed by atoms with Crippen LogP contribution in [0, 0.1) is 0 Å². The highest BCUT2D eigenvalue weighted by molar-refractivity contribution is 5.87. The Hall–Kier alpha value is -3.54. The predicted molar refractivity (Wildman–Crippen MR) is 146 cm³/mol. The quantitative estimate of drug-likeness (QED) is 0.231. The minimum Gasteiger partial charge on any atom is -0.494 e. The number of unbranched alkanes of at least 4 members (excludes halogenated alkanes) is 2. The number of hydrogen-bond donors (Lipinski definition) is 2. The standard InChI is InChI=1S/C30H40N2O4/c1-5-28(33)31-20-8-10-22-35-26-16-12-24(13-17-26)30(4,7-3)25-14-18-27(19-15-25)36-23-11-9-21-32-29(34)6-2/h5-6,12-19H,1-2,7-11,20-23H2,3-4H3,(H,31,33)(H,32,34). The summed E-state index contributed by atoms with van der Waals surface area (Å²) in [4.78, 5) is 22.3. The van der Waals surface area contributed by atoms with Crippen LogP contribution in [0.15, 0.2) is 73.8 Å². The number of ether oxygens (including phenoxy) is 2. The Morgan fingerprint density at radius 3 is 1.47 bits per heavy atom. The van der Waals surface area contributed by atoms with E-state index in [9.17, 15) is 9.59 Å². The first-order chi connectivity index (χ1) is 17.4. The van der Waals surface area contributed by atoms with Crippen molar-refractivity contribution in [2.75, 3.05) is 26.3 Å². The van der Waals surface area contributed by atoms with Crippen LogP contribution in [-0.2, 0) is 15.0 Å². The lowest BCUT2D eigenvalue weighted by Crippen LogP contribution is -2.22. The van der Waals surface area contributed by atoms with Crippen molar-refractivity contribution in [3.05, 3.63) is 85.0 Å². The minimum atomic E-state index is -0.143. The van der Waals surface area contributed by atoms with Gasteiger partial charge in [0.05, 0.1) is 13.2 Å². The number of nitrogens with one attached hydrogen (secondary N) is 2. The van der Waals surface area contributed by atoms with Gasteiger partial charge in [0.15, 0.2) is 0 Å². The molecule has 2 N–H and O–H groups in total. The van der Waals surface area contributed by atoms with Crippen molar-refractivity contribution in [2.24, 2.45) is 0 Å². The molecule has 36 heavy (non-hydrogen) atoms. The van der Waals surface area contributed by atoms with Crippen molar-refractivity contribution in [2.45, 2.75) is 51.4 Å². The van der Waals surface area contributed by atoms with Crippen LogP contribution in [0.25, 0.3) is 0 Å². The molecule has 0 radical (unpaired) electrons. The van der Waals surface area contributed by atoms with Gasteiger partial charge < -0.3 is 20.1 Å². The summed E-state index contributed by atoms with van der Waals surface area (Å²) in [5, 5.41) is 5.53. The molecule has 0 atom stereocenters. The monoisotopic (exact) mass is 492 g/mol.